The van der Waals surface area contributed by atoms with Gasteiger partial charge in [-0.3, -0.25) is 0 Å². The summed E-state index contributed by atoms with van der Waals surface area (Å²) in [5.41, 5.74) is 0. The fourth-order valence-electron chi connectivity index (χ4n) is 1.77. The normalized spacial score (nSPS) is 20.8. The second-order valence-electron chi connectivity index (χ2n) is 4.68. The summed E-state index contributed by atoms with van der Waals surface area (Å²) in [6.07, 6.45) is 2.86. The molecule has 1 saturated heterocycles. The quantitative estimate of drug-likeness (QED) is 0.810. The molecule has 2 heterocycles. The molecule has 0 aliphatic carbocycles. The van der Waals surface area contributed by atoms with Crippen molar-refractivity contribution in [1.29, 1.82) is 0 Å². The Morgan fingerprint density at radius 1 is 1.62 bits per heavy atom. The number of ether oxygens (including phenoxy) is 1. The van der Waals surface area contributed by atoms with Crippen molar-refractivity contribution in [2.75, 3.05) is 19.8 Å². The van der Waals surface area contributed by atoms with Gasteiger partial charge in [0, 0.05) is 6.61 Å². The van der Waals surface area contributed by atoms with Crippen LogP contribution in [0.5, 0.6) is 0 Å². The summed E-state index contributed by atoms with van der Waals surface area (Å²) in [7, 11) is 0. The molecule has 0 radical (unpaired) electrons. The van der Waals surface area contributed by atoms with E-state index in [2.05, 4.69) is 29.2 Å². The largest absolute Gasteiger partial charge is 0.379 e. The first-order valence-electron chi connectivity index (χ1n) is 5.94. The molecule has 2 rings (SSSR count). The van der Waals surface area contributed by atoms with Gasteiger partial charge in [0.15, 0.2) is 5.82 Å². The van der Waals surface area contributed by atoms with Crippen LogP contribution in [-0.2, 0) is 11.3 Å². The lowest BCUT2D eigenvalue weighted by molar-refractivity contribution is 0.184. The van der Waals surface area contributed by atoms with Gasteiger partial charge < -0.3 is 10.1 Å². The lowest BCUT2D eigenvalue weighted by atomic mass is 10.2. The molecule has 1 aromatic heterocycles. The summed E-state index contributed by atoms with van der Waals surface area (Å²) in [4.78, 5) is 4.29. The first kappa shape index (κ1) is 11.5. The second kappa shape index (κ2) is 5.41. The van der Waals surface area contributed by atoms with E-state index in [-0.39, 0.29) is 0 Å². The third kappa shape index (κ3) is 3.02. The third-order valence-corrected chi connectivity index (χ3v) is 2.67. The van der Waals surface area contributed by atoms with E-state index >= 15 is 0 Å². The molecule has 0 bridgehead atoms. The average Bonchev–Trinajstić information content (AvgIpc) is 2.85. The van der Waals surface area contributed by atoms with E-state index in [0.717, 1.165) is 38.5 Å². The lowest BCUT2D eigenvalue weighted by Crippen LogP contribution is -2.20. The highest BCUT2D eigenvalue weighted by atomic mass is 16.5. The van der Waals surface area contributed by atoms with Crippen LogP contribution in [-0.4, -0.2) is 34.5 Å². The van der Waals surface area contributed by atoms with Crippen molar-refractivity contribution < 1.29 is 4.74 Å². The predicted octanol–water partition coefficient (Wildman–Crippen LogP) is 0.985. The van der Waals surface area contributed by atoms with E-state index in [1.807, 2.05) is 11.0 Å². The summed E-state index contributed by atoms with van der Waals surface area (Å²) >= 11 is 0. The maximum absolute atomic E-state index is 5.33. The van der Waals surface area contributed by atoms with Gasteiger partial charge in [0.25, 0.3) is 0 Å². The Bertz CT molecular complexity index is 318. The number of hydrogen-bond acceptors (Lipinski definition) is 4. The minimum atomic E-state index is 0.381. The second-order valence-corrected chi connectivity index (χ2v) is 4.68. The Morgan fingerprint density at radius 2 is 2.50 bits per heavy atom. The van der Waals surface area contributed by atoms with Crippen LogP contribution in [0.25, 0.3) is 0 Å². The van der Waals surface area contributed by atoms with E-state index in [9.17, 15) is 0 Å². The van der Waals surface area contributed by atoms with Crippen molar-refractivity contribution in [3.63, 3.8) is 0 Å². The Labute approximate surface area is 96.2 Å². The minimum Gasteiger partial charge on any atom is -0.379 e. The van der Waals surface area contributed by atoms with Gasteiger partial charge in [-0.1, -0.05) is 13.8 Å². The van der Waals surface area contributed by atoms with Crippen molar-refractivity contribution in [1.82, 2.24) is 20.1 Å². The molecule has 1 atom stereocenters. The molecule has 1 aliphatic heterocycles. The van der Waals surface area contributed by atoms with Gasteiger partial charge in [-0.2, -0.15) is 5.10 Å². The van der Waals surface area contributed by atoms with Gasteiger partial charge in [-0.15, -0.1) is 0 Å². The minimum absolute atomic E-state index is 0.381. The average molecular weight is 224 g/mol. The smallest absolute Gasteiger partial charge is 0.164 e. The predicted molar refractivity (Wildman–Crippen MR) is 61.0 cm³/mol. The number of aromatic nitrogens is 3. The topological polar surface area (TPSA) is 52.0 Å². The van der Waals surface area contributed by atoms with Gasteiger partial charge in [-0.05, 0) is 18.9 Å². The van der Waals surface area contributed by atoms with Crippen LogP contribution in [0.1, 0.15) is 32.1 Å². The van der Waals surface area contributed by atoms with Gasteiger partial charge in [0.2, 0.25) is 0 Å². The summed E-state index contributed by atoms with van der Waals surface area (Å²) < 4.78 is 7.26. The van der Waals surface area contributed by atoms with E-state index in [1.165, 1.54) is 0 Å². The van der Waals surface area contributed by atoms with Crippen LogP contribution in [0.15, 0.2) is 6.33 Å². The SMILES string of the molecule is CC(C)CNCc1ncn(C2CCOC2)n1. The van der Waals surface area contributed by atoms with Crippen molar-refractivity contribution in [2.45, 2.75) is 32.9 Å². The number of rotatable bonds is 5. The summed E-state index contributed by atoms with van der Waals surface area (Å²) in [6, 6.07) is 0.381. The molecule has 0 saturated carbocycles. The molecular formula is C11H20N4O. The highest BCUT2D eigenvalue weighted by molar-refractivity contribution is 4.84. The number of nitrogens with zero attached hydrogens (tertiary/aromatic N) is 3. The molecule has 0 amide bonds. The molecule has 1 N–H and O–H groups in total. The van der Waals surface area contributed by atoms with Crippen molar-refractivity contribution in [3.05, 3.63) is 12.2 Å². The molecule has 1 fully saturated rings. The zero-order chi connectivity index (χ0) is 11.4. The Balaban J connectivity index is 1.82. The van der Waals surface area contributed by atoms with Crippen molar-refractivity contribution >= 4 is 0 Å². The molecule has 0 spiro atoms. The Hall–Kier alpha value is -0.940. The van der Waals surface area contributed by atoms with Crippen molar-refractivity contribution in [2.24, 2.45) is 5.92 Å². The van der Waals surface area contributed by atoms with E-state index in [1.54, 1.807) is 0 Å². The molecule has 16 heavy (non-hydrogen) atoms. The summed E-state index contributed by atoms with van der Waals surface area (Å²) in [6.45, 7) is 7.73. The van der Waals surface area contributed by atoms with Crippen molar-refractivity contribution in [3.8, 4) is 0 Å². The molecular weight excluding hydrogens is 204 g/mol. The van der Waals surface area contributed by atoms with Crippen LogP contribution in [0.3, 0.4) is 0 Å². The molecule has 0 aromatic carbocycles. The molecule has 1 unspecified atom stereocenters. The molecule has 1 aromatic rings. The maximum Gasteiger partial charge on any atom is 0.164 e. The highest BCUT2D eigenvalue weighted by Gasteiger charge is 2.18. The number of nitrogens with one attached hydrogen (secondary N) is 1. The zero-order valence-electron chi connectivity index (χ0n) is 10.0. The standard InChI is InChI=1S/C11H20N4O/c1-9(2)5-12-6-11-13-8-15(14-11)10-3-4-16-7-10/h8-10,12H,3-7H2,1-2H3. The van der Waals surface area contributed by atoms with Crippen LogP contribution in [0, 0.1) is 5.92 Å². The van der Waals surface area contributed by atoms with Crippen LogP contribution >= 0.6 is 0 Å². The number of hydrogen-bond donors (Lipinski definition) is 1. The molecule has 1 aliphatic rings. The van der Waals surface area contributed by atoms with E-state index < -0.39 is 0 Å². The van der Waals surface area contributed by atoms with Gasteiger partial charge in [-0.25, -0.2) is 9.67 Å². The maximum atomic E-state index is 5.33. The van der Waals surface area contributed by atoms with E-state index in [0.29, 0.717) is 12.0 Å². The Morgan fingerprint density at radius 3 is 3.19 bits per heavy atom. The molecule has 5 nitrogen and oxygen atoms in total. The summed E-state index contributed by atoms with van der Waals surface area (Å²) in [5, 5.41) is 7.79. The first-order valence-corrected chi connectivity index (χ1v) is 5.94. The zero-order valence-corrected chi connectivity index (χ0v) is 10.0. The Kier molecular flexibility index (Phi) is 3.90. The van der Waals surface area contributed by atoms with Crippen LogP contribution < -0.4 is 5.32 Å². The summed E-state index contributed by atoms with van der Waals surface area (Å²) in [5.74, 6) is 1.53. The fourth-order valence-corrected chi connectivity index (χ4v) is 1.77. The molecule has 5 heteroatoms. The third-order valence-electron chi connectivity index (χ3n) is 2.67. The van der Waals surface area contributed by atoms with Crippen LogP contribution in [0.2, 0.25) is 0 Å². The first-order chi connectivity index (χ1) is 7.75. The monoisotopic (exact) mass is 224 g/mol. The molecule has 90 valence electrons. The van der Waals surface area contributed by atoms with Gasteiger partial charge in [0.05, 0.1) is 19.2 Å². The fraction of sp³-hybridized carbons (Fsp3) is 0.818. The van der Waals surface area contributed by atoms with Gasteiger partial charge >= 0.3 is 0 Å². The lowest BCUT2D eigenvalue weighted by Gasteiger charge is -2.06. The van der Waals surface area contributed by atoms with E-state index in [4.69, 9.17) is 4.74 Å². The highest BCUT2D eigenvalue weighted by Crippen LogP contribution is 2.16. The van der Waals surface area contributed by atoms with Gasteiger partial charge in [0.1, 0.15) is 6.33 Å². The van der Waals surface area contributed by atoms with Crippen LogP contribution in [0.4, 0.5) is 0 Å².